The van der Waals surface area contributed by atoms with Crippen molar-refractivity contribution in [3.63, 3.8) is 0 Å². The predicted molar refractivity (Wildman–Crippen MR) is 54.6 cm³/mol. The second-order valence-corrected chi connectivity index (χ2v) is 3.40. The third kappa shape index (κ3) is 3.11. The Balaban J connectivity index is 3.21. The van der Waals surface area contributed by atoms with Gasteiger partial charge >= 0.3 is 5.97 Å². The van der Waals surface area contributed by atoms with Crippen LogP contribution in [0, 0.1) is 11.3 Å². The minimum absolute atomic E-state index is 0.104. The number of pyridine rings is 1. The molecule has 0 spiro atoms. The molecule has 0 saturated heterocycles. The van der Waals surface area contributed by atoms with Gasteiger partial charge in [-0.2, -0.15) is 5.26 Å². The maximum atomic E-state index is 12.6. The van der Waals surface area contributed by atoms with Crippen LogP contribution in [0.1, 0.15) is 23.2 Å². The van der Waals surface area contributed by atoms with E-state index in [1.165, 1.54) is 13.2 Å². The summed E-state index contributed by atoms with van der Waals surface area (Å²) >= 11 is 5.67. The topological polar surface area (TPSA) is 63.0 Å². The van der Waals surface area contributed by atoms with Crippen molar-refractivity contribution in [1.82, 2.24) is 4.98 Å². The van der Waals surface area contributed by atoms with Crippen molar-refractivity contribution in [2.24, 2.45) is 0 Å². The largest absolute Gasteiger partial charge is 0.469 e. The normalized spacial score (nSPS) is 10.1. The number of nitriles is 1. The summed E-state index contributed by atoms with van der Waals surface area (Å²) in [4.78, 5) is 14.5. The molecule has 0 aliphatic carbocycles. The first-order valence-corrected chi connectivity index (χ1v) is 4.81. The highest BCUT2D eigenvalue weighted by Gasteiger charge is 2.19. The predicted octanol–water partition coefficient (Wildman–Crippen LogP) is 2.26. The van der Waals surface area contributed by atoms with Crippen LogP contribution in [0.2, 0.25) is 5.15 Å². The molecule has 1 aromatic heterocycles. The van der Waals surface area contributed by atoms with Gasteiger partial charge in [0.2, 0.25) is 0 Å². The number of esters is 1. The molecule has 17 heavy (non-hydrogen) atoms. The molecule has 0 amide bonds. The quantitative estimate of drug-likeness (QED) is 0.618. The lowest BCUT2D eigenvalue weighted by Gasteiger charge is -2.07. The molecule has 1 rings (SSSR count). The van der Waals surface area contributed by atoms with Gasteiger partial charge in [0.1, 0.15) is 11.2 Å². The summed E-state index contributed by atoms with van der Waals surface area (Å²) < 4.78 is 29.6. The number of halogens is 3. The van der Waals surface area contributed by atoms with Crippen LogP contribution in [0.5, 0.6) is 0 Å². The number of carbonyl (C=O) groups excluding carboxylic acids is 1. The molecule has 1 aromatic rings. The van der Waals surface area contributed by atoms with E-state index in [-0.39, 0.29) is 17.1 Å². The molecule has 4 nitrogen and oxygen atoms in total. The van der Waals surface area contributed by atoms with Crippen molar-refractivity contribution in [3.8, 4) is 6.07 Å². The Labute approximate surface area is 101 Å². The highest BCUT2D eigenvalue weighted by molar-refractivity contribution is 6.30. The maximum Gasteiger partial charge on any atom is 0.310 e. The molecule has 0 fully saturated rings. The molecule has 90 valence electrons. The number of aromatic nitrogens is 1. The number of carbonyl (C=O) groups is 1. The van der Waals surface area contributed by atoms with E-state index in [9.17, 15) is 13.6 Å². The SMILES string of the molecule is COC(=O)Cc1cc(C(F)F)c(C#N)nc1Cl. The van der Waals surface area contributed by atoms with E-state index in [1.807, 2.05) is 0 Å². The molecule has 0 aliphatic rings. The van der Waals surface area contributed by atoms with Crippen LogP contribution in [-0.4, -0.2) is 18.1 Å². The number of ether oxygens (including phenoxy) is 1. The smallest absolute Gasteiger partial charge is 0.310 e. The third-order valence-electron chi connectivity index (χ3n) is 1.98. The summed E-state index contributed by atoms with van der Waals surface area (Å²) in [5.41, 5.74) is -0.887. The number of methoxy groups -OCH3 is 1. The zero-order chi connectivity index (χ0) is 13.0. The summed E-state index contributed by atoms with van der Waals surface area (Å²) in [6.45, 7) is 0. The summed E-state index contributed by atoms with van der Waals surface area (Å²) in [7, 11) is 1.17. The highest BCUT2D eigenvalue weighted by atomic mass is 35.5. The number of nitrogens with zero attached hydrogens (tertiary/aromatic N) is 2. The third-order valence-corrected chi connectivity index (χ3v) is 2.31. The Bertz CT molecular complexity index is 486. The second-order valence-electron chi connectivity index (χ2n) is 3.04. The van der Waals surface area contributed by atoms with Crippen LogP contribution in [-0.2, 0) is 16.0 Å². The molecular formula is C10H7ClF2N2O2. The van der Waals surface area contributed by atoms with Crippen molar-refractivity contribution in [1.29, 1.82) is 5.26 Å². The molecule has 0 radical (unpaired) electrons. The molecule has 0 atom stereocenters. The van der Waals surface area contributed by atoms with Crippen LogP contribution in [0.15, 0.2) is 6.07 Å². The summed E-state index contributed by atoms with van der Waals surface area (Å²) in [5.74, 6) is -0.626. The van der Waals surface area contributed by atoms with Crippen LogP contribution in [0.25, 0.3) is 0 Å². The molecule has 0 aliphatic heterocycles. The summed E-state index contributed by atoms with van der Waals surface area (Å²) in [5, 5.41) is 8.46. The van der Waals surface area contributed by atoms with Gasteiger partial charge in [0, 0.05) is 5.56 Å². The Morgan fingerprint density at radius 2 is 2.35 bits per heavy atom. The van der Waals surface area contributed by atoms with Crippen molar-refractivity contribution in [3.05, 3.63) is 28.0 Å². The Morgan fingerprint density at radius 3 is 2.82 bits per heavy atom. The van der Waals surface area contributed by atoms with E-state index < -0.39 is 23.7 Å². The molecular weight excluding hydrogens is 254 g/mol. The van der Waals surface area contributed by atoms with Gasteiger partial charge in [0.15, 0.2) is 5.69 Å². The van der Waals surface area contributed by atoms with Crippen LogP contribution >= 0.6 is 11.6 Å². The van der Waals surface area contributed by atoms with E-state index >= 15 is 0 Å². The lowest BCUT2D eigenvalue weighted by atomic mass is 10.1. The van der Waals surface area contributed by atoms with Crippen LogP contribution < -0.4 is 0 Å². The van der Waals surface area contributed by atoms with Gasteiger partial charge in [-0.25, -0.2) is 13.8 Å². The van der Waals surface area contributed by atoms with Crippen LogP contribution in [0.3, 0.4) is 0 Å². The van der Waals surface area contributed by atoms with Gasteiger partial charge in [-0.15, -0.1) is 0 Å². The highest BCUT2D eigenvalue weighted by Crippen LogP contribution is 2.26. The fourth-order valence-corrected chi connectivity index (χ4v) is 1.36. The minimum Gasteiger partial charge on any atom is -0.469 e. The second kappa shape index (κ2) is 5.55. The Kier molecular flexibility index (Phi) is 4.35. The van der Waals surface area contributed by atoms with Crippen molar-refractivity contribution in [2.45, 2.75) is 12.8 Å². The van der Waals surface area contributed by atoms with Gasteiger partial charge in [0.25, 0.3) is 6.43 Å². The van der Waals surface area contributed by atoms with E-state index in [0.29, 0.717) is 0 Å². The molecule has 0 N–H and O–H groups in total. The molecule has 7 heteroatoms. The van der Waals surface area contributed by atoms with Gasteiger partial charge in [-0.1, -0.05) is 11.6 Å². The lowest BCUT2D eigenvalue weighted by Crippen LogP contribution is -2.07. The first kappa shape index (κ1) is 13.3. The van der Waals surface area contributed by atoms with Gasteiger partial charge < -0.3 is 4.74 Å². The van der Waals surface area contributed by atoms with E-state index in [2.05, 4.69) is 9.72 Å². The average Bonchev–Trinajstić information content (AvgIpc) is 2.30. The first-order chi connectivity index (χ1) is 7.99. The van der Waals surface area contributed by atoms with Gasteiger partial charge in [-0.3, -0.25) is 4.79 Å². The maximum absolute atomic E-state index is 12.6. The monoisotopic (exact) mass is 260 g/mol. The van der Waals surface area contributed by atoms with E-state index in [0.717, 1.165) is 6.07 Å². The zero-order valence-electron chi connectivity index (χ0n) is 8.71. The molecule has 1 heterocycles. The lowest BCUT2D eigenvalue weighted by molar-refractivity contribution is -0.139. The number of hydrogen-bond donors (Lipinski definition) is 0. The van der Waals surface area contributed by atoms with E-state index in [1.54, 1.807) is 0 Å². The van der Waals surface area contributed by atoms with Gasteiger partial charge in [0.05, 0.1) is 19.1 Å². The van der Waals surface area contributed by atoms with Crippen molar-refractivity contribution in [2.75, 3.05) is 7.11 Å². The number of alkyl halides is 2. The Morgan fingerprint density at radius 1 is 1.71 bits per heavy atom. The zero-order valence-corrected chi connectivity index (χ0v) is 9.46. The standard InChI is InChI=1S/C10H7ClF2N2O2/c1-17-8(16)3-5-2-6(10(12)13)7(4-14)15-9(5)11/h2,10H,3H2,1H3. The Hall–Kier alpha value is -1.74. The minimum atomic E-state index is -2.86. The fraction of sp³-hybridized carbons (Fsp3) is 0.300. The first-order valence-electron chi connectivity index (χ1n) is 4.44. The summed E-state index contributed by atoms with van der Waals surface area (Å²) in [6.07, 6.45) is -3.13. The summed E-state index contributed by atoms with van der Waals surface area (Å²) in [6, 6.07) is 2.52. The number of rotatable bonds is 3. The fourth-order valence-electron chi connectivity index (χ4n) is 1.16. The molecule has 0 bridgehead atoms. The van der Waals surface area contributed by atoms with E-state index in [4.69, 9.17) is 16.9 Å². The molecule has 0 saturated carbocycles. The number of hydrogen-bond acceptors (Lipinski definition) is 4. The van der Waals surface area contributed by atoms with Crippen molar-refractivity contribution < 1.29 is 18.3 Å². The van der Waals surface area contributed by atoms with Crippen molar-refractivity contribution >= 4 is 17.6 Å². The van der Waals surface area contributed by atoms with Gasteiger partial charge in [-0.05, 0) is 6.07 Å². The average molecular weight is 261 g/mol. The van der Waals surface area contributed by atoms with Crippen LogP contribution in [0.4, 0.5) is 8.78 Å². The molecule has 0 aromatic carbocycles. The molecule has 0 unspecified atom stereocenters.